The van der Waals surface area contributed by atoms with Crippen LogP contribution in [0.15, 0.2) is 24.3 Å². The first-order chi connectivity index (χ1) is 11.2. The monoisotopic (exact) mass is 343 g/mol. The zero-order chi connectivity index (χ0) is 17.5. The van der Waals surface area contributed by atoms with Crippen LogP contribution in [0.3, 0.4) is 0 Å². The number of hydrogen-bond acceptors (Lipinski definition) is 3. The van der Waals surface area contributed by atoms with E-state index in [4.69, 9.17) is 0 Å². The van der Waals surface area contributed by atoms with Gasteiger partial charge in [-0.05, 0) is 24.5 Å². The maximum atomic E-state index is 13.0. The summed E-state index contributed by atoms with van der Waals surface area (Å²) in [5.74, 6) is -0.357. The first-order valence-corrected chi connectivity index (χ1v) is 8.03. The lowest BCUT2D eigenvalue weighted by Crippen LogP contribution is -2.62. The van der Waals surface area contributed by atoms with Crippen molar-refractivity contribution in [3.05, 3.63) is 35.4 Å². The number of amides is 1. The SMILES string of the molecule is O=C(Cc1ccccc1C(F)(F)F)N1CCC2(CC1)[C@H](O)C[C@@H]2O. The van der Waals surface area contributed by atoms with Crippen LogP contribution >= 0.6 is 0 Å². The van der Waals surface area contributed by atoms with Crippen LogP contribution in [0.25, 0.3) is 0 Å². The Morgan fingerprint density at radius 3 is 2.29 bits per heavy atom. The minimum Gasteiger partial charge on any atom is -0.392 e. The van der Waals surface area contributed by atoms with Gasteiger partial charge in [-0.25, -0.2) is 0 Å². The maximum Gasteiger partial charge on any atom is 0.416 e. The summed E-state index contributed by atoms with van der Waals surface area (Å²) in [6.45, 7) is 0.697. The number of carbonyl (C=O) groups is 1. The van der Waals surface area contributed by atoms with Gasteiger partial charge in [0.05, 0.1) is 24.2 Å². The summed E-state index contributed by atoms with van der Waals surface area (Å²) in [5, 5.41) is 19.8. The number of rotatable bonds is 2. The number of carbonyl (C=O) groups excluding carboxylic acids is 1. The van der Waals surface area contributed by atoms with Crippen molar-refractivity contribution in [1.82, 2.24) is 4.90 Å². The Morgan fingerprint density at radius 1 is 1.17 bits per heavy atom. The summed E-state index contributed by atoms with van der Waals surface area (Å²) >= 11 is 0. The Labute approximate surface area is 137 Å². The zero-order valence-corrected chi connectivity index (χ0v) is 13.1. The molecule has 0 aromatic heterocycles. The van der Waals surface area contributed by atoms with Crippen LogP contribution in [-0.4, -0.2) is 46.3 Å². The predicted octanol–water partition coefficient (Wildman–Crippen LogP) is 1.98. The first-order valence-electron chi connectivity index (χ1n) is 8.03. The van der Waals surface area contributed by atoms with Gasteiger partial charge in [0.1, 0.15) is 0 Å². The van der Waals surface area contributed by atoms with E-state index in [0.29, 0.717) is 32.4 Å². The lowest BCUT2D eigenvalue weighted by Gasteiger charge is -2.55. The van der Waals surface area contributed by atoms with Gasteiger partial charge in [-0.3, -0.25) is 4.79 Å². The van der Waals surface area contributed by atoms with E-state index in [0.717, 1.165) is 6.07 Å². The van der Waals surface area contributed by atoms with Crippen molar-refractivity contribution in [1.29, 1.82) is 0 Å². The summed E-state index contributed by atoms with van der Waals surface area (Å²) in [7, 11) is 0. The molecule has 4 nitrogen and oxygen atoms in total. The number of nitrogens with zero attached hydrogens (tertiary/aromatic N) is 1. The molecule has 0 unspecified atom stereocenters. The second-order valence-electron chi connectivity index (χ2n) is 6.71. The fraction of sp³-hybridized carbons (Fsp3) is 0.588. The van der Waals surface area contributed by atoms with Crippen LogP contribution < -0.4 is 0 Å². The molecule has 7 heteroatoms. The third-order valence-corrected chi connectivity index (χ3v) is 5.49. The zero-order valence-electron chi connectivity index (χ0n) is 13.1. The highest BCUT2D eigenvalue weighted by Gasteiger charge is 2.55. The highest BCUT2D eigenvalue weighted by molar-refractivity contribution is 5.79. The third kappa shape index (κ3) is 2.91. The molecule has 2 aliphatic rings. The van der Waals surface area contributed by atoms with Gasteiger partial charge >= 0.3 is 6.18 Å². The summed E-state index contributed by atoms with van der Waals surface area (Å²) in [4.78, 5) is 13.9. The minimum atomic E-state index is -4.48. The number of alkyl halides is 3. The lowest BCUT2D eigenvalue weighted by molar-refractivity contribution is -0.191. The summed E-state index contributed by atoms with van der Waals surface area (Å²) < 4.78 is 39.0. The molecule has 132 valence electrons. The molecular weight excluding hydrogens is 323 g/mol. The van der Waals surface area contributed by atoms with E-state index in [1.165, 1.54) is 23.1 Å². The minimum absolute atomic E-state index is 0.0287. The van der Waals surface area contributed by atoms with Crippen LogP contribution in [0.5, 0.6) is 0 Å². The average Bonchev–Trinajstić information content (AvgIpc) is 2.54. The fourth-order valence-electron chi connectivity index (χ4n) is 3.81. The van der Waals surface area contributed by atoms with Gasteiger partial charge < -0.3 is 15.1 Å². The molecule has 1 aromatic rings. The van der Waals surface area contributed by atoms with E-state index in [2.05, 4.69) is 0 Å². The molecule has 0 bridgehead atoms. The first kappa shape index (κ1) is 17.2. The van der Waals surface area contributed by atoms with Crippen molar-refractivity contribution in [2.24, 2.45) is 5.41 Å². The largest absolute Gasteiger partial charge is 0.416 e. The van der Waals surface area contributed by atoms with Gasteiger partial charge in [0.15, 0.2) is 0 Å². The molecule has 2 N–H and O–H groups in total. The molecule has 1 saturated carbocycles. The smallest absolute Gasteiger partial charge is 0.392 e. The number of aliphatic hydroxyl groups is 2. The molecule has 1 aromatic carbocycles. The van der Waals surface area contributed by atoms with Crippen LogP contribution in [0.4, 0.5) is 13.2 Å². The van der Waals surface area contributed by atoms with Crippen LogP contribution in [0.1, 0.15) is 30.4 Å². The van der Waals surface area contributed by atoms with E-state index in [1.807, 2.05) is 0 Å². The number of aliphatic hydroxyl groups excluding tert-OH is 2. The molecule has 1 saturated heterocycles. The van der Waals surface area contributed by atoms with Crippen LogP contribution in [0.2, 0.25) is 0 Å². The van der Waals surface area contributed by atoms with Crippen molar-refractivity contribution in [2.75, 3.05) is 13.1 Å². The van der Waals surface area contributed by atoms with E-state index in [-0.39, 0.29) is 17.9 Å². The number of hydrogen-bond donors (Lipinski definition) is 2. The van der Waals surface area contributed by atoms with E-state index < -0.39 is 29.4 Å². The van der Waals surface area contributed by atoms with Crippen molar-refractivity contribution in [3.8, 4) is 0 Å². The molecule has 3 rings (SSSR count). The van der Waals surface area contributed by atoms with Gasteiger partial charge in [-0.1, -0.05) is 18.2 Å². The Balaban J connectivity index is 1.65. The molecule has 2 atom stereocenters. The Morgan fingerprint density at radius 2 is 1.75 bits per heavy atom. The summed E-state index contributed by atoms with van der Waals surface area (Å²) in [6, 6.07) is 5.10. The molecule has 1 aliphatic carbocycles. The molecular formula is C17H20F3NO3. The van der Waals surface area contributed by atoms with Gasteiger partial charge in [0.2, 0.25) is 5.91 Å². The van der Waals surface area contributed by atoms with Gasteiger partial charge in [0, 0.05) is 24.9 Å². The van der Waals surface area contributed by atoms with Gasteiger partial charge in [0.25, 0.3) is 0 Å². The molecule has 0 radical (unpaired) electrons. The van der Waals surface area contributed by atoms with E-state index in [1.54, 1.807) is 0 Å². The lowest BCUT2D eigenvalue weighted by atomic mass is 9.58. The predicted molar refractivity (Wildman–Crippen MR) is 80.0 cm³/mol. The Hall–Kier alpha value is -1.60. The highest BCUT2D eigenvalue weighted by atomic mass is 19.4. The molecule has 24 heavy (non-hydrogen) atoms. The van der Waals surface area contributed by atoms with Gasteiger partial charge in [-0.2, -0.15) is 13.2 Å². The number of benzene rings is 1. The van der Waals surface area contributed by atoms with Crippen LogP contribution in [-0.2, 0) is 17.4 Å². The quantitative estimate of drug-likeness (QED) is 0.863. The topological polar surface area (TPSA) is 60.8 Å². The second-order valence-corrected chi connectivity index (χ2v) is 6.71. The Kier molecular flexibility index (Phi) is 4.34. The van der Waals surface area contributed by atoms with Crippen molar-refractivity contribution >= 4 is 5.91 Å². The van der Waals surface area contributed by atoms with Crippen molar-refractivity contribution in [2.45, 2.75) is 44.1 Å². The summed E-state index contributed by atoms with van der Waals surface area (Å²) in [5.41, 5.74) is -1.35. The molecule has 1 spiro atoms. The van der Waals surface area contributed by atoms with Gasteiger partial charge in [-0.15, -0.1) is 0 Å². The fourth-order valence-corrected chi connectivity index (χ4v) is 3.81. The average molecular weight is 343 g/mol. The second kappa shape index (κ2) is 6.04. The van der Waals surface area contributed by atoms with Crippen LogP contribution in [0, 0.1) is 5.41 Å². The molecule has 1 aliphatic heterocycles. The van der Waals surface area contributed by atoms with E-state index >= 15 is 0 Å². The maximum absolute atomic E-state index is 13.0. The van der Waals surface area contributed by atoms with Crippen molar-refractivity contribution < 1.29 is 28.2 Å². The Bertz CT molecular complexity index is 614. The molecule has 1 heterocycles. The van der Waals surface area contributed by atoms with E-state index in [9.17, 15) is 28.2 Å². The highest BCUT2D eigenvalue weighted by Crippen LogP contribution is 2.49. The standard InChI is InChI=1S/C17H20F3NO3/c18-17(19,20)12-4-2-1-3-11(12)9-15(24)21-7-5-16(6-8-21)13(22)10-14(16)23/h1-4,13-14,22-23H,5-10H2/t13-,14+. The number of piperidine rings is 1. The normalized spacial score (nSPS) is 26.3. The third-order valence-electron chi connectivity index (χ3n) is 5.49. The molecule has 1 amide bonds. The summed E-state index contributed by atoms with van der Waals surface area (Å²) in [6.07, 6.45) is -4.60. The molecule has 2 fully saturated rings. The number of likely N-dealkylation sites (tertiary alicyclic amines) is 1. The number of halogens is 3. The van der Waals surface area contributed by atoms with Crippen molar-refractivity contribution in [3.63, 3.8) is 0 Å².